The van der Waals surface area contributed by atoms with Crippen molar-refractivity contribution < 1.29 is 9.47 Å². The van der Waals surface area contributed by atoms with Crippen molar-refractivity contribution in [3.8, 4) is 5.75 Å². The monoisotopic (exact) mass is 221 g/mol. The predicted molar refractivity (Wildman–Crippen MR) is 63.8 cm³/mol. The molecule has 0 spiro atoms. The lowest BCUT2D eigenvalue weighted by Gasteiger charge is -2.19. The zero-order valence-corrected chi connectivity index (χ0v) is 9.90. The molecule has 1 aliphatic heterocycles. The summed E-state index contributed by atoms with van der Waals surface area (Å²) < 4.78 is 10.6. The summed E-state index contributed by atoms with van der Waals surface area (Å²) in [5.41, 5.74) is 1.26. The van der Waals surface area contributed by atoms with Gasteiger partial charge in [-0.2, -0.15) is 0 Å². The second-order valence-corrected chi connectivity index (χ2v) is 4.23. The van der Waals surface area contributed by atoms with Gasteiger partial charge in [-0.25, -0.2) is 0 Å². The number of hydrogen-bond donors (Lipinski definition) is 1. The smallest absolute Gasteiger partial charge is 0.119 e. The van der Waals surface area contributed by atoms with E-state index >= 15 is 0 Å². The summed E-state index contributed by atoms with van der Waals surface area (Å²) in [6.45, 7) is 3.88. The summed E-state index contributed by atoms with van der Waals surface area (Å²) in [4.78, 5) is 0. The van der Waals surface area contributed by atoms with Crippen molar-refractivity contribution in [3.63, 3.8) is 0 Å². The van der Waals surface area contributed by atoms with Gasteiger partial charge in [0.25, 0.3) is 0 Å². The number of hydrogen-bond acceptors (Lipinski definition) is 3. The van der Waals surface area contributed by atoms with Gasteiger partial charge in [0, 0.05) is 18.7 Å². The summed E-state index contributed by atoms with van der Waals surface area (Å²) in [7, 11) is 1.70. The normalized spacial score (nSPS) is 22.0. The molecule has 1 aromatic carbocycles. The van der Waals surface area contributed by atoms with Crippen LogP contribution < -0.4 is 10.1 Å². The molecule has 2 rings (SSSR count). The molecule has 0 amide bonds. The van der Waals surface area contributed by atoms with Gasteiger partial charge < -0.3 is 14.8 Å². The first-order valence-electron chi connectivity index (χ1n) is 5.77. The Bertz CT molecular complexity index is 334. The Morgan fingerprint density at radius 2 is 2.38 bits per heavy atom. The fourth-order valence-corrected chi connectivity index (χ4v) is 2.03. The molecule has 3 heteroatoms. The average molecular weight is 221 g/mol. The third kappa shape index (κ3) is 2.74. The van der Waals surface area contributed by atoms with E-state index in [0.29, 0.717) is 12.1 Å². The molecule has 1 saturated heterocycles. The molecule has 1 fully saturated rings. The standard InChI is InChI=1S/C13H19NO2/c1-10(14-12-6-7-16-9-12)11-4-3-5-13(8-11)15-2/h3-5,8,10,12,14H,6-7,9H2,1-2H3/t10-,12?/m1/s1. The van der Waals surface area contributed by atoms with E-state index in [-0.39, 0.29) is 0 Å². The first kappa shape index (κ1) is 11.4. The fraction of sp³-hybridized carbons (Fsp3) is 0.538. The van der Waals surface area contributed by atoms with Crippen LogP contribution in [-0.4, -0.2) is 26.4 Å². The quantitative estimate of drug-likeness (QED) is 0.845. The minimum atomic E-state index is 0.335. The van der Waals surface area contributed by atoms with Crippen LogP contribution >= 0.6 is 0 Å². The third-order valence-corrected chi connectivity index (χ3v) is 3.01. The minimum Gasteiger partial charge on any atom is -0.497 e. The molecule has 0 aromatic heterocycles. The zero-order valence-electron chi connectivity index (χ0n) is 9.90. The van der Waals surface area contributed by atoms with Crippen molar-refractivity contribution in [2.45, 2.75) is 25.4 Å². The molecular weight excluding hydrogens is 202 g/mol. The predicted octanol–water partition coefficient (Wildman–Crippen LogP) is 2.13. The van der Waals surface area contributed by atoms with E-state index in [0.717, 1.165) is 25.4 Å². The van der Waals surface area contributed by atoms with Crippen LogP contribution in [0, 0.1) is 0 Å². The Kier molecular flexibility index (Phi) is 3.80. The number of rotatable bonds is 4. The fourth-order valence-electron chi connectivity index (χ4n) is 2.03. The van der Waals surface area contributed by atoms with Crippen molar-refractivity contribution in [1.29, 1.82) is 0 Å². The maximum atomic E-state index is 5.35. The maximum Gasteiger partial charge on any atom is 0.119 e. The van der Waals surface area contributed by atoms with Crippen LogP contribution in [0.3, 0.4) is 0 Å². The van der Waals surface area contributed by atoms with Gasteiger partial charge in [-0.05, 0) is 31.0 Å². The van der Waals surface area contributed by atoms with Gasteiger partial charge in [0.1, 0.15) is 5.75 Å². The number of ether oxygens (including phenoxy) is 2. The summed E-state index contributed by atoms with van der Waals surface area (Å²) >= 11 is 0. The van der Waals surface area contributed by atoms with Crippen LogP contribution in [-0.2, 0) is 4.74 Å². The molecule has 2 atom stereocenters. The molecule has 1 heterocycles. The molecule has 1 aliphatic rings. The number of nitrogens with one attached hydrogen (secondary N) is 1. The molecule has 0 aliphatic carbocycles. The highest BCUT2D eigenvalue weighted by atomic mass is 16.5. The Morgan fingerprint density at radius 3 is 3.06 bits per heavy atom. The highest BCUT2D eigenvalue weighted by molar-refractivity contribution is 5.30. The van der Waals surface area contributed by atoms with Crippen molar-refractivity contribution in [3.05, 3.63) is 29.8 Å². The molecular formula is C13H19NO2. The molecule has 0 bridgehead atoms. The van der Waals surface area contributed by atoms with Crippen LogP contribution in [0.25, 0.3) is 0 Å². The molecule has 3 nitrogen and oxygen atoms in total. The molecule has 0 radical (unpaired) electrons. The van der Waals surface area contributed by atoms with Crippen LogP contribution in [0.1, 0.15) is 24.9 Å². The maximum absolute atomic E-state index is 5.35. The molecule has 1 unspecified atom stereocenters. The molecule has 16 heavy (non-hydrogen) atoms. The van der Waals surface area contributed by atoms with E-state index in [1.54, 1.807) is 7.11 Å². The topological polar surface area (TPSA) is 30.5 Å². The van der Waals surface area contributed by atoms with Crippen molar-refractivity contribution in [1.82, 2.24) is 5.32 Å². The van der Waals surface area contributed by atoms with Gasteiger partial charge in [0.2, 0.25) is 0 Å². The van der Waals surface area contributed by atoms with Crippen molar-refractivity contribution in [2.75, 3.05) is 20.3 Å². The molecule has 88 valence electrons. The lowest BCUT2D eigenvalue weighted by atomic mass is 10.1. The summed E-state index contributed by atoms with van der Waals surface area (Å²) in [6, 6.07) is 9.01. The zero-order chi connectivity index (χ0) is 11.4. The number of methoxy groups -OCH3 is 1. The highest BCUT2D eigenvalue weighted by Crippen LogP contribution is 2.20. The first-order valence-corrected chi connectivity index (χ1v) is 5.77. The highest BCUT2D eigenvalue weighted by Gasteiger charge is 2.18. The molecule has 0 saturated carbocycles. The van der Waals surface area contributed by atoms with Crippen molar-refractivity contribution in [2.24, 2.45) is 0 Å². The van der Waals surface area contributed by atoms with Gasteiger partial charge in [-0.15, -0.1) is 0 Å². The summed E-state index contributed by atoms with van der Waals surface area (Å²) in [5, 5.41) is 3.57. The van der Waals surface area contributed by atoms with E-state index in [9.17, 15) is 0 Å². The molecule has 1 N–H and O–H groups in total. The minimum absolute atomic E-state index is 0.335. The molecule has 1 aromatic rings. The SMILES string of the molecule is COc1cccc([C@@H](C)NC2CCOC2)c1. The Labute approximate surface area is 96.8 Å². The largest absolute Gasteiger partial charge is 0.497 e. The van der Waals surface area contributed by atoms with E-state index in [2.05, 4.69) is 24.4 Å². The van der Waals surface area contributed by atoms with Gasteiger partial charge in [0.15, 0.2) is 0 Å². The number of benzene rings is 1. The van der Waals surface area contributed by atoms with Gasteiger partial charge in [0.05, 0.1) is 13.7 Å². The van der Waals surface area contributed by atoms with E-state index in [1.165, 1.54) is 5.56 Å². The van der Waals surface area contributed by atoms with Crippen LogP contribution in [0.4, 0.5) is 0 Å². The average Bonchev–Trinajstić information content (AvgIpc) is 2.82. The first-order chi connectivity index (χ1) is 7.79. The second kappa shape index (κ2) is 5.32. The van der Waals surface area contributed by atoms with Crippen LogP contribution in [0.2, 0.25) is 0 Å². The van der Waals surface area contributed by atoms with Crippen LogP contribution in [0.5, 0.6) is 5.75 Å². The Hall–Kier alpha value is -1.06. The van der Waals surface area contributed by atoms with Gasteiger partial charge in [-0.3, -0.25) is 0 Å². The Morgan fingerprint density at radius 1 is 1.50 bits per heavy atom. The Balaban J connectivity index is 1.98. The van der Waals surface area contributed by atoms with Gasteiger partial charge in [-0.1, -0.05) is 12.1 Å². The lowest BCUT2D eigenvalue weighted by Crippen LogP contribution is -2.31. The lowest BCUT2D eigenvalue weighted by molar-refractivity contribution is 0.188. The van der Waals surface area contributed by atoms with E-state index in [1.807, 2.05) is 12.1 Å². The second-order valence-electron chi connectivity index (χ2n) is 4.23. The van der Waals surface area contributed by atoms with Gasteiger partial charge >= 0.3 is 0 Å². The summed E-state index contributed by atoms with van der Waals surface area (Å²) in [5.74, 6) is 0.911. The summed E-state index contributed by atoms with van der Waals surface area (Å²) in [6.07, 6.45) is 1.11. The van der Waals surface area contributed by atoms with E-state index in [4.69, 9.17) is 9.47 Å². The van der Waals surface area contributed by atoms with E-state index < -0.39 is 0 Å². The van der Waals surface area contributed by atoms with Crippen LogP contribution in [0.15, 0.2) is 24.3 Å². The van der Waals surface area contributed by atoms with Crippen molar-refractivity contribution >= 4 is 0 Å². The third-order valence-electron chi connectivity index (χ3n) is 3.01.